The summed E-state index contributed by atoms with van der Waals surface area (Å²) in [5.41, 5.74) is -0.841. The van der Waals surface area contributed by atoms with Crippen LogP contribution in [0.5, 0.6) is 5.75 Å². The number of ether oxygens (including phenoxy) is 1. The predicted molar refractivity (Wildman–Crippen MR) is 91.5 cm³/mol. The number of hydrogen-bond donors (Lipinski definition) is 1. The number of anilines is 1. The van der Waals surface area contributed by atoms with E-state index >= 15 is 0 Å². The van der Waals surface area contributed by atoms with Crippen LogP contribution in [0.1, 0.15) is 12.5 Å². The lowest BCUT2D eigenvalue weighted by atomic mass is 10.1. The highest BCUT2D eigenvalue weighted by atomic mass is 19.4. The quantitative estimate of drug-likeness (QED) is 0.668. The molecule has 1 atom stereocenters. The smallest absolute Gasteiger partial charge is 0.416 e. The molecule has 10 heteroatoms. The van der Waals surface area contributed by atoms with E-state index in [1.165, 1.54) is 42.5 Å². The van der Waals surface area contributed by atoms with Crippen LogP contribution >= 0.6 is 0 Å². The molecular weight excluding hydrogens is 380 g/mol. The lowest BCUT2D eigenvalue weighted by Gasteiger charge is -2.18. The van der Waals surface area contributed by atoms with Gasteiger partial charge in [-0.15, -0.1) is 0 Å². The fraction of sp³-hybridized carbons (Fsp3) is 0.167. The molecule has 0 bridgehead atoms. The van der Waals surface area contributed by atoms with E-state index < -0.39 is 29.6 Å². The van der Waals surface area contributed by atoms with E-state index in [0.717, 1.165) is 24.3 Å². The van der Waals surface area contributed by atoms with Gasteiger partial charge in [0.15, 0.2) is 6.10 Å². The Labute approximate surface area is 156 Å². The van der Waals surface area contributed by atoms with Crippen molar-refractivity contribution in [1.82, 2.24) is 14.8 Å². The molecular formula is C18H14F4N4O2. The van der Waals surface area contributed by atoms with Crippen LogP contribution in [-0.4, -0.2) is 26.8 Å². The average molecular weight is 394 g/mol. The van der Waals surface area contributed by atoms with Crippen molar-refractivity contribution in [2.45, 2.75) is 19.2 Å². The zero-order valence-corrected chi connectivity index (χ0v) is 14.4. The van der Waals surface area contributed by atoms with Crippen LogP contribution in [0.2, 0.25) is 0 Å². The molecule has 0 saturated carbocycles. The summed E-state index contributed by atoms with van der Waals surface area (Å²) in [6.45, 7) is 1.42. The number of nitrogens with zero attached hydrogens (tertiary/aromatic N) is 3. The second-order valence-corrected chi connectivity index (χ2v) is 5.77. The summed E-state index contributed by atoms with van der Waals surface area (Å²) >= 11 is 0. The van der Waals surface area contributed by atoms with Crippen molar-refractivity contribution >= 4 is 11.6 Å². The molecule has 146 valence electrons. The van der Waals surface area contributed by atoms with E-state index in [4.69, 9.17) is 4.74 Å². The third kappa shape index (κ3) is 4.45. The summed E-state index contributed by atoms with van der Waals surface area (Å²) in [5.74, 6) is -0.916. The maximum atomic E-state index is 13.1. The Kier molecular flexibility index (Phi) is 5.30. The molecule has 0 aliphatic rings. The number of carbonyl (C=O) groups is 1. The van der Waals surface area contributed by atoms with Gasteiger partial charge >= 0.3 is 6.18 Å². The molecule has 3 aromatic rings. The van der Waals surface area contributed by atoms with E-state index in [-0.39, 0.29) is 17.1 Å². The molecule has 2 aromatic carbocycles. The molecule has 0 aliphatic heterocycles. The van der Waals surface area contributed by atoms with Gasteiger partial charge in [-0.2, -0.15) is 18.3 Å². The van der Waals surface area contributed by atoms with Crippen LogP contribution in [0.4, 0.5) is 23.2 Å². The number of halogens is 4. The van der Waals surface area contributed by atoms with Gasteiger partial charge in [0.2, 0.25) is 0 Å². The number of alkyl halides is 3. The fourth-order valence-electron chi connectivity index (χ4n) is 2.35. The van der Waals surface area contributed by atoms with Crippen LogP contribution in [0, 0.1) is 5.82 Å². The van der Waals surface area contributed by atoms with Gasteiger partial charge in [-0.05, 0) is 49.4 Å². The van der Waals surface area contributed by atoms with Crippen LogP contribution in [0.25, 0.3) is 5.69 Å². The highest BCUT2D eigenvalue weighted by Crippen LogP contribution is 2.33. The van der Waals surface area contributed by atoms with Gasteiger partial charge in [-0.1, -0.05) is 0 Å². The van der Waals surface area contributed by atoms with Gasteiger partial charge in [0.05, 0.1) is 16.9 Å². The first-order chi connectivity index (χ1) is 13.2. The van der Waals surface area contributed by atoms with E-state index in [9.17, 15) is 22.4 Å². The highest BCUT2D eigenvalue weighted by molar-refractivity contribution is 5.96. The zero-order valence-electron chi connectivity index (χ0n) is 14.4. The summed E-state index contributed by atoms with van der Waals surface area (Å²) in [7, 11) is 0. The Morgan fingerprint density at radius 3 is 2.50 bits per heavy atom. The van der Waals surface area contributed by atoms with Crippen molar-refractivity contribution in [3.63, 3.8) is 0 Å². The van der Waals surface area contributed by atoms with E-state index in [2.05, 4.69) is 15.4 Å². The Morgan fingerprint density at radius 2 is 1.89 bits per heavy atom. The normalized spacial score (nSPS) is 12.5. The number of rotatable bonds is 5. The van der Waals surface area contributed by atoms with Gasteiger partial charge in [-0.25, -0.2) is 14.1 Å². The molecule has 6 nitrogen and oxygen atoms in total. The standard InChI is InChI=1S/C18H14F4N4O2/c1-11(28-14-5-3-13(19)4-6-14)17(27)25-15-8-12(18(20,21)22)2-7-16(15)26-10-23-9-24-26/h2-11H,1H3,(H,25,27)/t11-/m0/s1. The lowest BCUT2D eigenvalue weighted by Crippen LogP contribution is -2.30. The Bertz CT molecular complexity index is 957. The van der Waals surface area contributed by atoms with Crippen molar-refractivity contribution < 1.29 is 27.1 Å². The van der Waals surface area contributed by atoms with Gasteiger partial charge in [0.25, 0.3) is 5.91 Å². The first-order valence-electron chi connectivity index (χ1n) is 8.03. The van der Waals surface area contributed by atoms with Crippen LogP contribution < -0.4 is 10.1 Å². The van der Waals surface area contributed by atoms with Crippen molar-refractivity contribution in [2.75, 3.05) is 5.32 Å². The molecule has 1 amide bonds. The number of aromatic nitrogens is 3. The second-order valence-electron chi connectivity index (χ2n) is 5.77. The predicted octanol–water partition coefficient (Wildman–Crippen LogP) is 3.83. The van der Waals surface area contributed by atoms with Gasteiger partial charge < -0.3 is 10.1 Å². The van der Waals surface area contributed by atoms with Gasteiger partial charge in [0.1, 0.15) is 24.2 Å². The lowest BCUT2D eigenvalue weighted by molar-refractivity contribution is -0.137. The Morgan fingerprint density at radius 1 is 1.18 bits per heavy atom. The summed E-state index contributed by atoms with van der Waals surface area (Å²) in [6, 6.07) is 7.86. The van der Waals surface area contributed by atoms with E-state index in [0.29, 0.717) is 0 Å². The number of benzene rings is 2. The van der Waals surface area contributed by atoms with Crippen molar-refractivity contribution in [2.24, 2.45) is 0 Å². The van der Waals surface area contributed by atoms with Gasteiger partial charge in [0, 0.05) is 0 Å². The molecule has 0 unspecified atom stereocenters. The maximum absolute atomic E-state index is 13.1. The summed E-state index contributed by atoms with van der Waals surface area (Å²) in [6.07, 6.45) is -3.14. The second kappa shape index (κ2) is 7.67. The molecule has 1 aromatic heterocycles. The monoisotopic (exact) mass is 394 g/mol. The minimum atomic E-state index is -4.59. The molecule has 0 fully saturated rings. The Balaban J connectivity index is 1.84. The SMILES string of the molecule is C[C@H](Oc1ccc(F)cc1)C(=O)Nc1cc(C(F)(F)F)ccc1-n1cncn1. The minimum Gasteiger partial charge on any atom is -0.481 e. The molecule has 1 heterocycles. The van der Waals surface area contributed by atoms with Crippen LogP contribution in [-0.2, 0) is 11.0 Å². The molecule has 0 radical (unpaired) electrons. The first kappa shape index (κ1) is 19.3. The van der Waals surface area contributed by atoms with Crippen LogP contribution in [0.15, 0.2) is 55.1 Å². The largest absolute Gasteiger partial charge is 0.481 e. The third-order valence-electron chi connectivity index (χ3n) is 3.74. The highest BCUT2D eigenvalue weighted by Gasteiger charge is 2.31. The molecule has 0 aliphatic carbocycles. The number of nitrogens with one attached hydrogen (secondary N) is 1. The van der Waals surface area contributed by atoms with Crippen LogP contribution in [0.3, 0.4) is 0 Å². The topological polar surface area (TPSA) is 69.0 Å². The van der Waals surface area contributed by atoms with Crippen molar-refractivity contribution in [3.8, 4) is 11.4 Å². The minimum absolute atomic E-state index is 0.111. The molecule has 3 rings (SSSR count). The number of hydrogen-bond acceptors (Lipinski definition) is 4. The average Bonchev–Trinajstić information content (AvgIpc) is 3.17. The third-order valence-corrected chi connectivity index (χ3v) is 3.74. The zero-order chi connectivity index (χ0) is 20.3. The summed E-state index contributed by atoms with van der Waals surface area (Å²) in [4.78, 5) is 16.2. The Hall–Kier alpha value is -3.43. The van der Waals surface area contributed by atoms with Crippen molar-refractivity contribution in [1.29, 1.82) is 0 Å². The van der Waals surface area contributed by atoms with E-state index in [1.807, 2.05) is 0 Å². The van der Waals surface area contributed by atoms with Crippen molar-refractivity contribution in [3.05, 3.63) is 66.5 Å². The summed E-state index contributed by atoms with van der Waals surface area (Å²) < 4.78 is 58.7. The van der Waals surface area contributed by atoms with Gasteiger partial charge in [-0.3, -0.25) is 4.79 Å². The first-order valence-corrected chi connectivity index (χ1v) is 8.03. The number of carbonyl (C=O) groups excluding carboxylic acids is 1. The molecule has 0 saturated heterocycles. The fourth-order valence-corrected chi connectivity index (χ4v) is 2.35. The number of amides is 1. The molecule has 28 heavy (non-hydrogen) atoms. The maximum Gasteiger partial charge on any atom is 0.416 e. The summed E-state index contributed by atoms with van der Waals surface area (Å²) in [5, 5.41) is 6.29. The molecule has 0 spiro atoms. The molecule has 1 N–H and O–H groups in total. The van der Waals surface area contributed by atoms with E-state index in [1.54, 1.807) is 0 Å².